The highest BCUT2D eigenvalue weighted by Gasteiger charge is 2.53. The number of para-hydroxylation sites is 1. The summed E-state index contributed by atoms with van der Waals surface area (Å²) >= 11 is 0. The van der Waals surface area contributed by atoms with Crippen LogP contribution in [0.2, 0.25) is 0 Å². The van der Waals surface area contributed by atoms with E-state index >= 15 is 0 Å². The molecule has 5 heteroatoms. The molecule has 2 saturated heterocycles. The number of rotatable bonds is 5. The van der Waals surface area contributed by atoms with E-state index in [0.29, 0.717) is 12.5 Å². The lowest BCUT2D eigenvalue weighted by molar-refractivity contribution is -0.141. The third kappa shape index (κ3) is 3.29. The minimum atomic E-state index is -0.0565. The number of nitrogens with zero attached hydrogens (tertiary/aromatic N) is 3. The standard InChI is InChI=1S/C22H23N3O2/c1-2-6-21-17(4-1)7-8-19(24-21)13-25-15-22(16-25)18(9-11-27-22)14-26-20-5-3-10-23-12-20/h1-8,10,12,18H,9,11,13-16H2/t18-/m1/s1. The molecule has 2 aromatic heterocycles. The van der Waals surface area contributed by atoms with Crippen molar-refractivity contribution in [1.29, 1.82) is 0 Å². The highest BCUT2D eigenvalue weighted by atomic mass is 16.5. The SMILES string of the molecule is c1cncc(OC[C@H]2CCOC23CN(Cc2ccc4ccccc4n2)C3)c1. The monoisotopic (exact) mass is 361 g/mol. The Morgan fingerprint density at radius 3 is 2.93 bits per heavy atom. The van der Waals surface area contributed by atoms with Crippen molar-refractivity contribution in [2.45, 2.75) is 18.6 Å². The zero-order chi connectivity index (χ0) is 18.1. The molecular weight excluding hydrogens is 338 g/mol. The van der Waals surface area contributed by atoms with Crippen molar-refractivity contribution in [2.75, 3.05) is 26.3 Å². The van der Waals surface area contributed by atoms with E-state index in [0.717, 1.165) is 49.6 Å². The van der Waals surface area contributed by atoms with Crippen LogP contribution in [0.3, 0.4) is 0 Å². The van der Waals surface area contributed by atoms with E-state index in [1.54, 1.807) is 12.4 Å². The quantitative estimate of drug-likeness (QED) is 0.698. The van der Waals surface area contributed by atoms with E-state index in [2.05, 4.69) is 34.1 Å². The van der Waals surface area contributed by atoms with Crippen LogP contribution in [0.1, 0.15) is 12.1 Å². The predicted octanol–water partition coefficient (Wildman–Crippen LogP) is 3.30. The summed E-state index contributed by atoms with van der Waals surface area (Å²) in [5.74, 6) is 1.26. The summed E-state index contributed by atoms with van der Waals surface area (Å²) in [6.45, 7) is 4.27. The van der Waals surface area contributed by atoms with Crippen LogP contribution in [-0.4, -0.2) is 46.8 Å². The van der Waals surface area contributed by atoms with Gasteiger partial charge < -0.3 is 9.47 Å². The second kappa shape index (κ2) is 6.91. The molecule has 0 amide bonds. The average Bonchev–Trinajstić information content (AvgIpc) is 3.11. The van der Waals surface area contributed by atoms with Crippen molar-refractivity contribution < 1.29 is 9.47 Å². The van der Waals surface area contributed by atoms with Gasteiger partial charge in [0, 0.05) is 43.7 Å². The summed E-state index contributed by atoms with van der Waals surface area (Å²) in [5, 5.41) is 1.19. The third-order valence-electron chi connectivity index (χ3n) is 5.71. The molecule has 2 aliphatic rings. The first-order valence-electron chi connectivity index (χ1n) is 9.55. The maximum absolute atomic E-state index is 6.16. The van der Waals surface area contributed by atoms with Crippen molar-refractivity contribution in [2.24, 2.45) is 5.92 Å². The van der Waals surface area contributed by atoms with Crippen molar-refractivity contribution in [3.63, 3.8) is 0 Å². The first-order valence-corrected chi connectivity index (χ1v) is 9.55. The molecule has 1 spiro atoms. The number of aromatic nitrogens is 2. The van der Waals surface area contributed by atoms with Gasteiger partial charge in [-0.05, 0) is 30.7 Å². The van der Waals surface area contributed by atoms with E-state index in [1.807, 2.05) is 24.3 Å². The Kier molecular flexibility index (Phi) is 4.26. The second-order valence-electron chi connectivity index (χ2n) is 7.54. The number of benzene rings is 1. The zero-order valence-corrected chi connectivity index (χ0v) is 15.3. The van der Waals surface area contributed by atoms with E-state index < -0.39 is 0 Å². The molecule has 0 radical (unpaired) electrons. The first-order chi connectivity index (χ1) is 13.3. The molecule has 27 heavy (non-hydrogen) atoms. The predicted molar refractivity (Wildman–Crippen MR) is 104 cm³/mol. The van der Waals surface area contributed by atoms with Crippen LogP contribution in [0, 0.1) is 5.92 Å². The molecule has 0 aliphatic carbocycles. The summed E-state index contributed by atoms with van der Waals surface area (Å²) in [5.41, 5.74) is 2.12. The lowest BCUT2D eigenvalue weighted by Gasteiger charge is -2.50. The van der Waals surface area contributed by atoms with Crippen molar-refractivity contribution >= 4 is 10.9 Å². The van der Waals surface area contributed by atoms with Gasteiger partial charge in [-0.25, -0.2) is 0 Å². The Morgan fingerprint density at radius 2 is 2.04 bits per heavy atom. The van der Waals surface area contributed by atoms with Gasteiger partial charge in [-0.3, -0.25) is 14.9 Å². The van der Waals surface area contributed by atoms with Gasteiger partial charge in [0.2, 0.25) is 0 Å². The Balaban J connectivity index is 1.20. The lowest BCUT2D eigenvalue weighted by atomic mass is 9.81. The molecule has 0 bridgehead atoms. The Labute approximate surface area is 159 Å². The van der Waals surface area contributed by atoms with Crippen LogP contribution in [0.15, 0.2) is 60.9 Å². The Morgan fingerprint density at radius 1 is 1.11 bits per heavy atom. The highest BCUT2D eigenvalue weighted by molar-refractivity contribution is 5.78. The summed E-state index contributed by atoms with van der Waals surface area (Å²) in [7, 11) is 0. The molecule has 138 valence electrons. The fourth-order valence-electron chi connectivity index (χ4n) is 4.25. The number of ether oxygens (including phenoxy) is 2. The summed E-state index contributed by atoms with van der Waals surface area (Å²) < 4.78 is 12.1. The molecule has 2 aliphatic heterocycles. The number of likely N-dealkylation sites (tertiary alicyclic amines) is 1. The van der Waals surface area contributed by atoms with E-state index in [-0.39, 0.29) is 5.60 Å². The van der Waals surface area contributed by atoms with Crippen LogP contribution in [0.4, 0.5) is 0 Å². The normalized spacial score (nSPS) is 21.4. The van der Waals surface area contributed by atoms with Crippen LogP contribution < -0.4 is 4.74 Å². The van der Waals surface area contributed by atoms with Crippen LogP contribution in [0.25, 0.3) is 10.9 Å². The first kappa shape index (κ1) is 16.7. The van der Waals surface area contributed by atoms with Crippen molar-refractivity contribution in [3.05, 3.63) is 66.6 Å². The smallest absolute Gasteiger partial charge is 0.137 e. The van der Waals surface area contributed by atoms with E-state index in [9.17, 15) is 0 Å². The number of hydrogen-bond donors (Lipinski definition) is 0. The maximum atomic E-state index is 6.16. The van der Waals surface area contributed by atoms with Gasteiger partial charge in [-0.1, -0.05) is 24.3 Å². The zero-order valence-electron chi connectivity index (χ0n) is 15.3. The van der Waals surface area contributed by atoms with Gasteiger partial charge in [0.1, 0.15) is 5.75 Å². The van der Waals surface area contributed by atoms with Gasteiger partial charge in [0.15, 0.2) is 0 Å². The molecule has 2 fully saturated rings. The molecule has 1 atom stereocenters. The maximum Gasteiger partial charge on any atom is 0.137 e. The van der Waals surface area contributed by atoms with Crippen molar-refractivity contribution in [1.82, 2.24) is 14.9 Å². The van der Waals surface area contributed by atoms with Crippen LogP contribution >= 0.6 is 0 Å². The molecule has 4 heterocycles. The number of fused-ring (bicyclic) bond motifs is 1. The minimum absolute atomic E-state index is 0.0565. The van der Waals surface area contributed by atoms with Gasteiger partial charge >= 0.3 is 0 Å². The average molecular weight is 361 g/mol. The molecule has 3 aromatic rings. The molecule has 0 saturated carbocycles. The Hall–Kier alpha value is -2.50. The number of pyridine rings is 2. The largest absolute Gasteiger partial charge is 0.492 e. The van der Waals surface area contributed by atoms with Gasteiger partial charge in [0.05, 0.1) is 29.6 Å². The third-order valence-corrected chi connectivity index (χ3v) is 5.71. The molecule has 0 unspecified atom stereocenters. The van der Waals surface area contributed by atoms with Gasteiger partial charge in [-0.2, -0.15) is 0 Å². The molecular formula is C22H23N3O2. The number of hydrogen-bond acceptors (Lipinski definition) is 5. The summed E-state index contributed by atoms with van der Waals surface area (Å²) in [4.78, 5) is 11.3. The molecule has 1 aromatic carbocycles. The van der Waals surface area contributed by atoms with Crippen molar-refractivity contribution in [3.8, 4) is 5.75 Å². The second-order valence-corrected chi connectivity index (χ2v) is 7.54. The fourth-order valence-corrected chi connectivity index (χ4v) is 4.25. The summed E-state index contributed by atoms with van der Waals surface area (Å²) in [6.07, 6.45) is 4.58. The minimum Gasteiger partial charge on any atom is -0.492 e. The van der Waals surface area contributed by atoms with E-state index in [4.69, 9.17) is 14.5 Å². The molecule has 5 nitrogen and oxygen atoms in total. The van der Waals surface area contributed by atoms with Crippen LogP contribution in [0.5, 0.6) is 5.75 Å². The Bertz CT molecular complexity index is 925. The van der Waals surface area contributed by atoms with Gasteiger partial charge in [0.25, 0.3) is 0 Å². The highest BCUT2D eigenvalue weighted by Crippen LogP contribution is 2.40. The molecule has 0 N–H and O–H groups in total. The molecule has 5 rings (SSSR count). The summed E-state index contributed by atoms with van der Waals surface area (Å²) in [6, 6.07) is 16.4. The lowest BCUT2D eigenvalue weighted by Crippen LogP contribution is -2.64. The topological polar surface area (TPSA) is 47.5 Å². The fraction of sp³-hybridized carbons (Fsp3) is 0.364. The van der Waals surface area contributed by atoms with Gasteiger partial charge in [-0.15, -0.1) is 0 Å². The van der Waals surface area contributed by atoms with Crippen LogP contribution in [-0.2, 0) is 11.3 Å². The van der Waals surface area contributed by atoms with E-state index in [1.165, 1.54) is 5.39 Å².